The van der Waals surface area contributed by atoms with E-state index in [0.717, 1.165) is 5.69 Å². The molecule has 0 saturated carbocycles. The molecule has 1 unspecified atom stereocenters. The summed E-state index contributed by atoms with van der Waals surface area (Å²) < 4.78 is 24.4. The first kappa shape index (κ1) is 14.1. The van der Waals surface area contributed by atoms with Crippen LogP contribution in [0, 0.1) is 0 Å². The minimum Gasteiger partial charge on any atom is -0.271 e. The summed E-state index contributed by atoms with van der Waals surface area (Å²) in [6.07, 6.45) is 2.85. The van der Waals surface area contributed by atoms with Gasteiger partial charge in [-0.15, -0.1) is 0 Å². The van der Waals surface area contributed by atoms with Crippen LogP contribution in [-0.4, -0.2) is 29.2 Å². The Labute approximate surface area is 102 Å². The molecule has 0 spiro atoms. The first-order valence-corrected chi connectivity index (χ1v) is 7.32. The van der Waals surface area contributed by atoms with Gasteiger partial charge in [0.15, 0.2) is 9.84 Å². The average molecular weight is 260 g/mol. The number of hydrazine groups is 1. The van der Waals surface area contributed by atoms with Crippen LogP contribution in [0.25, 0.3) is 0 Å². The summed E-state index contributed by atoms with van der Waals surface area (Å²) in [5.74, 6) is 5.51. The van der Waals surface area contributed by atoms with Crippen molar-refractivity contribution < 1.29 is 8.42 Å². The fourth-order valence-electron chi connectivity index (χ4n) is 1.71. The number of nitrogens with one attached hydrogen (secondary N) is 1. The monoisotopic (exact) mass is 260 g/mol. The molecular formula is C10H20N4O2S. The average Bonchev–Trinajstić information content (AvgIpc) is 2.64. The number of aromatic nitrogens is 2. The van der Waals surface area contributed by atoms with Crippen LogP contribution in [-0.2, 0) is 16.4 Å². The van der Waals surface area contributed by atoms with Crippen molar-refractivity contribution in [3.05, 3.63) is 18.0 Å². The van der Waals surface area contributed by atoms with Crippen LogP contribution in [0.4, 0.5) is 0 Å². The van der Waals surface area contributed by atoms with Gasteiger partial charge in [-0.05, 0) is 26.8 Å². The van der Waals surface area contributed by atoms with Gasteiger partial charge in [-0.1, -0.05) is 0 Å². The molecule has 1 rings (SSSR count). The van der Waals surface area contributed by atoms with Crippen LogP contribution >= 0.6 is 0 Å². The number of aryl methyl sites for hydroxylation is 1. The molecule has 3 N–H and O–H groups in total. The van der Waals surface area contributed by atoms with Crippen molar-refractivity contribution in [3.63, 3.8) is 0 Å². The van der Waals surface area contributed by atoms with Crippen molar-refractivity contribution in [1.29, 1.82) is 0 Å². The van der Waals surface area contributed by atoms with Crippen molar-refractivity contribution in [3.8, 4) is 0 Å². The number of hydrogen-bond donors (Lipinski definition) is 2. The highest BCUT2D eigenvalue weighted by Crippen LogP contribution is 2.31. The Morgan fingerprint density at radius 3 is 2.59 bits per heavy atom. The molecule has 0 aromatic carbocycles. The van der Waals surface area contributed by atoms with Crippen LogP contribution in [0.5, 0.6) is 0 Å². The molecule has 1 heterocycles. The maximum atomic E-state index is 11.8. The van der Waals surface area contributed by atoms with E-state index in [1.165, 1.54) is 6.26 Å². The van der Waals surface area contributed by atoms with Crippen molar-refractivity contribution >= 4 is 9.84 Å². The molecule has 1 atom stereocenters. The molecule has 0 radical (unpaired) electrons. The maximum absolute atomic E-state index is 11.8. The normalized spacial score (nSPS) is 14.9. The zero-order valence-electron chi connectivity index (χ0n) is 10.6. The Bertz CT molecular complexity index is 478. The van der Waals surface area contributed by atoms with Crippen LogP contribution in [0.1, 0.15) is 32.5 Å². The van der Waals surface area contributed by atoms with Crippen molar-refractivity contribution in [2.45, 2.75) is 38.1 Å². The number of sulfone groups is 1. The molecule has 1 aromatic heterocycles. The number of hydrogen-bond acceptors (Lipinski definition) is 5. The molecule has 7 heteroatoms. The van der Waals surface area contributed by atoms with Gasteiger partial charge in [-0.25, -0.2) is 13.8 Å². The lowest BCUT2D eigenvalue weighted by Crippen LogP contribution is -2.48. The van der Waals surface area contributed by atoms with Crippen molar-refractivity contribution in [1.82, 2.24) is 15.2 Å². The Hall–Kier alpha value is -0.920. The van der Waals surface area contributed by atoms with E-state index < -0.39 is 20.6 Å². The maximum Gasteiger partial charge on any atom is 0.154 e. The molecule has 0 aliphatic carbocycles. The van der Waals surface area contributed by atoms with Crippen molar-refractivity contribution in [2.24, 2.45) is 5.84 Å². The first-order chi connectivity index (χ1) is 7.75. The van der Waals surface area contributed by atoms with Gasteiger partial charge >= 0.3 is 0 Å². The van der Waals surface area contributed by atoms with Gasteiger partial charge in [0.25, 0.3) is 0 Å². The Balaban J connectivity index is 3.26. The van der Waals surface area contributed by atoms with E-state index in [9.17, 15) is 8.42 Å². The van der Waals surface area contributed by atoms with E-state index in [-0.39, 0.29) is 0 Å². The minimum absolute atomic E-state index is 0.500. The molecule has 98 valence electrons. The molecule has 1 aromatic rings. The van der Waals surface area contributed by atoms with Gasteiger partial charge in [0.1, 0.15) is 0 Å². The van der Waals surface area contributed by atoms with Crippen LogP contribution < -0.4 is 11.3 Å². The van der Waals surface area contributed by atoms with Crippen molar-refractivity contribution in [2.75, 3.05) is 6.26 Å². The zero-order valence-corrected chi connectivity index (χ0v) is 11.5. The highest BCUT2D eigenvalue weighted by Gasteiger charge is 2.40. The molecular weight excluding hydrogens is 240 g/mol. The van der Waals surface area contributed by atoms with Gasteiger partial charge in [-0.3, -0.25) is 10.5 Å². The van der Waals surface area contributed by atoms with Gasteiger partial charge < -0.3 is 0 Å². The largest absolute Gasteiger partial charge is 0.271 e. The molecule has 0 fully saturated rings. The van der Waals surface area contributed by atoms with Gasteiger partial charge in [-0.2, -0.15) is 5.10 Å². The quantitative estimate of drug-likeness (QED) is 0.584. The summed E-state index contributed by atoms with van der Waals surface area (Å²) >= 11 is 0. The highest BCUT2D eigenvalue weighted by atomic mass is 32.2. The van der Waals surface area contributed by atoms with E-state index in [2.05, 4.69) is 10.5 Å². The third-order valence-electron chi connectivity index (χ3n) is 3.16. The number of rotatable bonds is 5. The van der Waals surface area contributed by atoms with Crippen LogP contribution in [0.3, 0.4) is 0 Å². The third kappa shape index (κ3) is 2.51. The number of nitrogens with zero attached hydrogens (tertiary/aromatic N) is 2. The van der Waals surface area contributed by atoms with E-state index in [4.69, 9.17) is 5.84 Å². The van der Waals surface area contributed by atoms with Crippen LogP contribution in [0.2, 0.25) is 0 Å². The molecule has 0 amide bonds. The molecule has 17 heavy (non-hydrogen) atoms. The lowest BCUT2D eigenvalue weighted by molar-refractivity contribution is 0.400. The standard InChI is InChI=1S/C10H20N4O2S/c1-5-14-8(6-7-12-14)9(13-11)10(2,3)17(4,15)16/h6-7,9,13H,5,11H2,1-4H3. The zero-order chi connectivity index (χ0) is 13.3. The van der Waals surface area contributed by atoms with Crippen LogP contribution in [0.15, 0.2) is 12.3 Å². The summed E-state index contributed by atoms with van der Waals surface area (Å²) in [5.41, 5.74) is 3.35. The second-order valence-electron chi connectivity index (χ2n) is 4.55. The van der Waals surface area contributed by atoms with Gasteiger partial charge in [0.05, 0.1) is 16.5 Å². The summed E-state index contributed by atoms with van der Waals surface area (Å²) in [7, 11) is -3.25. The first-order valence-electron chi connectivity index (χ1n) is 5.43. The van der Waals surface area contributed by atoms with E-state index in [1.807, 2.05) is 6.92 Å². The molecule has 0 bridgehead atoms. The lowest BCUT2D eigenvalue weighted by atomic mass is 10.0. The van der Waals surface area contributed by atoms with E-state index in [0.29, 0.717) is 6.54 Å². The Kier molecular flexibility index (Phi) is 3.95. The molecule has 6 nitrogen and oxygen atoms in total. The Morgan fingerprint density at radius 1 is 1.59 bits per heavy atom. The fraction of sp³-hybridized carbons (Fsp3) is 0.700. The third-order valence-corrected chi connectivity index (χ3v) is 5.31. The minimum atomic E-state index is -3.25. The smallest absolute Gasteiger partial charge is 0.154 e. The Morgan fingerprint density at radius 2 is 2.18 bits per heavy atom. The SMILES string of the molecule is CCn1nccc1C(NN)C(C)(C)S(C)(=O)=O. The fourth-order valence-corrected chi connectivity index (χ4v) is 2.33. The molecule has 0 saturated heterocycles. The summed E-state index contributed by atoms with van der Waals surface area (Å²) in [6.45, 7) is 5.91. The van der Waals surface area contributed by atoms with E-state index in [1.54, 1.807) is 30.8 Å². The topological polar surface area (TPSA) is 90.0 Å². The summed E-state index contributed by atoms with van der Waals surface area (Å²) in [6, 6.07) is 1.28. The molecule has 0 aliphatic rings. The second-order valence-corrected chi connectivity index (χ2v) is 7.14. The number of nitrogens with two attached hydrogens (primary N) is 1. The molecule has 0 aliphatic heterocycles. The summed E-state index contributed by atoms with van der Waals surface area (Å²) in [4.78, 5) is 0. The predicted molar refractivity (Wildman–Crippen MR) is 66.9 cm³/mol. The van der Waals surface area contributed by atoms with Gasteiger partial charge in [0, 0.05) is 19.0 Å². The second kappa shape index (κ2) is 4.75. The highest BCUT2D eigenvalue weighted by molar-refractivity contribution is 7.92. The summed E-state index contributed by atoms with van der Waals surface area (Å²) in [5, 5.41) is 4.13. The predicted octanol–water partition coefficient (Wildman–Crippen LogP) is 0.231. The van der Waals surface area contributed by atoms with Gasteiger partial charge in [0.2, 0.25) is 0 Å². The van der Waals surface area contributed by atoms with E-state index >= 15 is 0 Å². The lowest BCUT2D eigenvalue weighted by Gasteiger charge is -2.32.